The first-order valence-corrected chi connectivity index (χ1v) is 7.64. The molecule has 7 heteroatoms. The van der Waals surface area contributed by atoms with Crippen molar-refractivity contribution >= 4 is 11.7 Å². The minimum Gasteiger partial charge on any atom is -0.493 e. The monoisotopic (exact) mass is 331 g/mol. The fourth-order valence-electron chi connectivity index (χ4n) is 2.11. The number of imidazole rings is 1. The molecule has 0 saturated carbocycles. The van der Waals surface area contributed by atoms with Gasteiger partial charge in [0, 0.05) is 31.0 Å². The lowest BCUT2D eigenvalue weighted by Crippen LogP contribution is -2.30. The Kier molecular flexibility index (Phi) is 6.36. The molecule has 2 aromatic rings. The van der Waals surface area contributed by atoms with Crippen molar-refractivity contribution in [2.24, 2.45) is 0 Å². The highest BCUT2D eigenvalue weighted by Crippen LogP contribution is 2.28. The second-order valence-electron chi connectivity index (χ2n) is 5.21. The molecule has 2 rings (SSSR count). The number of hydrogen-bond donors (Lipinski definition) is 1. The number of benzene rings is 1. The number of nitrogens with one attached hydrogen (secondary N) is 1. The summed E-state index contributed by atoms with van der Waals surface area (Å²) in [7, 11) is 1.49. The van der Waals surface area contributed by atoms with Crippen LogP contribution in [0.15, 0.2) is 36.9 Å². The van der Waals surface area contributed by atoms with Crippen LogP contribution in [0.2, 0.25) is 0 Å². The lowest BCUT2D eigenvalue weighted by Gasteiger charge is -2.11. The number of carbonyl (C=O) groups is 2. The zero-order valence-corrected chi connectivity index (χ0v) is 13.8. The van der Waals surface area contributed by atoms with Crippen LogP contribution in [0.25, 0.3) is 0 Å². The summed E-state index contributed by atoms with van der Waals surface area (Å²) in [6.45, 7) is 2.72. The van der Waals surface area contributed by atoms with E-state index in [0.717, 1.165) is 13.0 Å². The van der Waals surface area contributed by atoms with Crippen molar-refractivity contribution in [1.29, 1.82) is 0 Å². The van der Waals surface area contributed by atoms with Crippen LogP contribution in [0.1, 0.15) is 23.7 Å². The van der Waals surface area contributed by atoms with Crippen molar-refractivity contribution in [2.75, 3.05) is 20.3 Å². The Labute approximate surface area is 140 Å². The summed E-state index contributed by atoms with van der Waals surface area (Å²) in [5, 5.41) is 2.79. The SMILES string of the molecule is COc1cc(C(C)=O)ccc1OCC(=O)NCCCn1ccnc1. The van der Waals surface area contributed by atoms with Crippen LogP contribution < -0.4 is 14.8 Å². The number of methoxy groups -OCH3 is 1. The van der Waals surface area contributed by atoms with Gasteiger partial charge in [0.25, 0.3) is 5.91 Å². The maximum atomic E-state index is 11.8. The molecule has 0 fully saturated rings. The molecule has 0 unspecified atom stereocenters. The zero-order chi connectivity index (χ0) is 17.4. The van der Waals surface area contributed by atoms with Gasteiger partial charge in [0.1, 0.15) is 0 Å². The number of ketones is 1. The van der Waals surface area contributed by atoms with E-state index in [2.05, 4.69) is 10.3 Å². The molecular weight excluding hydrogens is 310 g/mol. The number of aryl methyl sites for hydroxylation is 1. The first-order chi connectivity index (χ1) is 11.6. The van der Waals surface area contributed by atoms with Gasteiger partial charge in [0.05, 0.1) is 13.4 Å². The molecule has 1 amide bonds. The quantitative estimate of drug-likeness (QED) is 0.558. The largest absolute Gasteiger partial charge is 0.493 e. The number of aromatic nitrogens is 2. The van der Waals surface area contributed by atoms with E-state index in [0.29, 0.717) is 23.6 Å². The minimum absolute atomic E-state index is 0.0597. The summed E-state index contributed by atoms with van der Waals surface area (Å²) in [5.41, 5.74) is 0.531. The third kappa shape index (κ3) is 5.12. The van der Waals surface area contributed by atoms with Crippen molar-refractivity contribution in [3.8, 4) is 11.5 Å². The summed E-state index contributed by atoms with van der Waals surface area (Å²) in [6, 6.07) is 4.87. The van der Waals surface area contributed by atoms with Gasteiger partial charge in [-0.1, -0.05) is 0 Å². The summed E-state index contributed by atoms with van der Waals surface area (Å²) >= 11 is 0. The van der Waals surface area contributed by atoms with Crippen molar-refractivity contribution in [2.45, 2.75) is 19.9 Å². The molecule has 0 aliphatic rings. The molecule has 1 heterocycles. The molecule has 7 nitrogen and oxygen atoms in total. The van der Waals surface area contributed by atoms with Gasteiger partial charge in [0.2, 0.25) is 0 Å². The second kappa shape index (κ2) is 8.71. The molecule has 1 aromatic carbocycles. The van der Waals surface area contributed by atoms with E-state index in [-0.39, 0.29) is 18.3 Å². The number of Topliss-reactive ketones (excluding diaryl/α,β-unsaturated/α-hetero) is 1. The van der Waals surface area contributed by atoms with Crippen LogP contribution in [0, 0.1) is 0 Å². The predicted octanol–water partition coefficient (Wildman–Crippen LogP) is 1.68. The van der Waals surface area contributed by atoms with E-state index in [4.69, 9.17) is 9.47 Å². The fraction of sp³-hybridized carbons (Fsp3) is 0.353. The molecule has 0 saturated heterocycles. The molecule has 128 valence electrons. The number of carbonyl (C=O) groups excluding carboxylic acids is 2. The molecule has 0 aliphatic carbocycles. The van der Waals surface area contributed by atoms with Gasteiger partial charge in [-0.15, -0.1) is 0 Å². The van der Waals surface area contributed by atoms with Crippen LogP contribution >= 0.6 is 0 Å². The van der Waals surface area contributed by atoms with E-state index in [1.165, 1.54) is 14.0 Å². The van der Waals surface area contributed by atoms with Crippen LogP contribution in [-0.4, -0.2) is 41.5 Å². The Balaban J connectivity index is 1.75. The van der Waals surface area contributed by atoms with Gasteiger partial charge in [-0.25, -0.2) is 4.98 Å². The Morgan fingerprint density at radius 3 is 2.79 bits per heavy atom. The zero-order valence-electron chi connectivity index (χ0n) is 13.8. The number of amides is 1. The molecule has 1 N–H and O–H groups in total. The highest BCUT2D eigenvalue weighted by atomic mass is 16.5. The smallest absolute Gasteiger partial charge is 0.257 e. The first-order valence-electron chi connectivity index (χ1n) is 7.64. The number of hydrogen-bond acceptors (Lipinski definition) is 5. The summed E-state index contributed by atoms with van der Waals surface area (Å²) in [5.74, 6) is 0.584. The average Bonchev–Trinajstić information content (AvgIpc) is 3.10. The van der Waals surface area contributed by atoms with Crippen LogP contribution in [0.4, 0.5) is 0 Å². The molecular formula is C17H21N3O4. The molecule has 0 atom stereocenters. The predicted molar refractivity (Wildman–Crippen MR) is 88.3 cm³/mol. The highest BCUT2D eigenvalue weighted by molar-refractivity contribution is 5.94. The number of nitrogens with zero attached hydrogens (tertiary/aromatic N) is 2. The van der Waals surface area contributed by atoms with Gasteiger partial charge in [0.15, 0.2) is 23.9 Å². The van der Waals surface area contributed by atoms with Gasteiger partial charge in [-0.05, 0) is 31.5 Å². The highest BCUT2D eigenvalue weighted by Gasteiger charge is 2.10. The lowest BCUT2D eigenvalue weighted by molar-refractivity contribution is -0.123. The van der Waals surface area contributed by atoms with Crippen molar-refractivity contribution in [3.05, 3.63) is 42.5 Å². The second-order valence-corrected chi connectivity index (χ2v) is 5.21. The van der Waals surface area contributed by atoms with E-state index in [9.17, 15) is 9.59 Å². The molecule has 0 aliphatic heterocycles. The maximum absolute atomic E-state index is 11.8. The van der Waals surface area contributed by atoms with Crippen molar-refractivity contribution < 1.29 is 19.1 Å². The topological polar surface area (TPSA) is 82.5 Å². The standard InChI is InChI=1S/C17H21N3O4/c1-13(21)14-4-5-15(16(10-14)23-2)24-11-17(22)19-6-3-8-20-9-7-18-12-20/h4-5,7,9-10,12H,3,6,8,11H2,1-2H3,(H,19,22). The Morgan fingerprint density at radius 1 is 1.29 bits per heavy atom. The lowest BCUT2D eigenvalue weighted by atomic mass is 10.1. The molecule has 0 bridgehead atoms. The Bertz CT molecular complexity index is 683. The van der Waals surface area contributed by atoms with Crippen molar-refractivity contribution in [3.63, 3.8) is 0 Å². The molecule has 0 radical (unpaired) electrons. The van der Waals surface area contributed by atoms with E-state index in [1.54, 1.807) is 30.7 Å². The molecule has 0 spiro atoms. The summed E-state index contributed by atoms with van der Waals surface area (Å²) in [4.78, 5) is 27.1. The van der Waals surface area contributed by atoms with Gasteiger partial charge in [-0.2, -0.15) is 0 Å². The van der Waals surface area contributed by atoms with Crippen LogP contribution in [0.5, 0.6) is 11.5 Å². The maximum Gasteiger partial charge on any atom is 0.257 e. The number of ether oxygens (including phenoxy) is 2. The molecule has 24 heavy (non-hydrogen) atoms. The first kappa shape index (κ1) is 17.5. The van der Waals surface area contributed by atoms with E-state index in [1.807, 2.05) is 10.8 Å². The third-order valence-corrected chi connectivity index (χ3v) is 3.40. The third-order valence-electron chi connectivity index (χ3n) is 3.40. The normalized spacial score (nSPS) is 10.2. The van der Waals surface area contributed by atoms with E-state index < -0.39 is 0 Å². The van der Waals surface area contributed by atoms with Crippen molar-refractivity contribution in [1.82, 2.24) is 14.9 Å². The van der Waals surface area contributed by atoms with Gasteiger partial charge >= 0.3 is 0 Å². The average molecular weight is 331 g/mol. The number of rotatable bonds is 9. The van der Waals surface area contributed by atoms with Crippen LogP contribution in [0.3, 0.4) is 0 Å². The minimum atomic E-state index is -0.210. The van der Waals surface area contributed by atoms with E-state index >= 15 is 0 Å². The fourth-order valence-corrected chi connectivity index (χ4v) is 2.11. The van der Waals surface area contributed by atoms with Gasteiger partial charge < -0.3 is 19.4 Å². The molecule has 1 aromatic heterocycles. The summed E-state index contributed by atoms with van der Waals surface area (Å²) in [6.07, 6.45) is 6.14. The van der Waals surface area contributed by atoms with Crippen LogP contribution in [-0.2, 0) is 11.3 Å². The Morgan fingerprint density at radius 2 is 2.12 bits per heavy atom. The Hall–Kier alpha value is -2.83. The van der Waals surface area contributed by atoms with Gasteiger partial charge in [-0.3, -0.25) is 9.59 Å². The summed E-state index contributed by atoms with van der Waals surface area (Å²) < 4.78 is 12.6.